The lowest BCUT2D eigenvalue weighted by Crippen LogP contribution is -2.01. The molecule has 0 saturated heterocycles. The Kier molecular flexibility index (Phi) is 3.82. The van der Waals surface area contributed by atoms with E-state index in [1.165, 1.54) is 6.07 Å². The van der Waals surface area contributed by atoms with Gasteiger partial charge in [0.1, 0.15) is 5.82 Å². The second-order valence-corrected chi connectivity index (χ2v) is 5.28. The van der Waals surface area contributed by atoms with Crippen LogP contribution >= 0.6 is 11.6 Å². The van der Waals surface area contributed by atoms with Gasteiger partial charge in [0.25, 0.3) is 0 Å². The molecule has 0 aliphatic heterocycles. The third-order valence-corrected chi connectivity index (χ3v) is 3.65. The minimum Gasteiger partial charge on any atom is -0.478 e. The molecule has 0 radical (unpaired) electrons. The summed E-state index contributed by atoms with van der Waals surface area (Å²) in [4.78, 5) is 11.2. The fourth-order valence-corrected chi connectivity index (χ4v) is 2.49. The molecule has 0 bridgehead atoms. The maximum absolute atomic E-state index is 13.5. The topological polar surface area (TPSA) is 37.3 Å². The Morgan fingerprint density at radius 2 is 1.65 bits per heavy atom. The second kappa shape index (κ2) is 5.25. The van der Waals surface area contributed by atoms with Crippen molar-refractivity contribution in [2.45, 2.75) is 20.8 Å². The molecule has 0 unspecified atom stereocenters. The van der Waals surface area contributed by atoms with Crippen LogP contribution in [0.1, 0.15) is 27.0 Å². The van der Waals surface area contributed by atoms with Gasteiger partial charge in [-0.15, -0.1) is 0 Å². The highest BCUT2D eigenvalue weighted by Crippen LogP contribution is 2.33. The van der Waals surface area contributed by atoms with Gasteiger partial charge in [-0.05, 0) is 61.2 Å². The highest BCUT2D eigenvalue weighted by atomic mass is 35.5. The molecule has 0 aliphatic rings. The summed E-state index contributed by atoms with van der Waals surface area (Å²) in [6, 6.07) is 6.28. The number of hydrogen-bond donors (Lipinski definition) is 1. The molecule has 2 aromatic rings. The quantitative estimate of drug-likeness (QED) is 0.865. The van der Waals surface area contributed by atoms with Crippen molar-refractivity contribution >= 4 is 17.6 Å². The van der Waals surface area contributed by atoms with Gasteiger partial charge in [-0.1, -0.05) is 17.7 Å². The molecule has 0 spiro atoms. The van der Waals surface area contributed by atoms with E-state index in [0.717, 1.165) is 5.56 Å². The number of carboxylic acids is 1. The average Bonchev–Trinajstić information content (AvgIpc) is 2.34. The highest BCUT2D eigenvalue weighted by Gasteiger charge is 2.15. The van der Waals surface area contributed by atoms with Gasteiger partial charge in [0.05, 0.1) is 10.6 Å². The van der Waals surface area contributed by atoms with E-state index in [9.17, 15) is 14.3 Å². The fraction of sp³-hybridized carbons (Fsp3) is 0.188. The van der Waals surface area contributed by atoms with Gasteiger partial charge in [-0.3, -0.25) is 0 Å². The molecule has 20 heavy (non-hydrogen) atoms. The minimum atomic E-state index is -0.987. The highest BCUT2D eigenvalue weighted by molar-refractivity contribution is 6.33. The van der Waals surface area contributed by atoms with E-state index in [1.807, 2.05) is 6.92 Å². The van der Waals surface area contributed by atoms with Gasteiger partial charge in [-0.25, -0.2) is 9.18 Å². The van der Waals surface area contributed by atoms with Crippen molar-refractivity contribution in [1.29, 1.82) is 0 Å². The van der Waals surface area contributed by atoms with Crippen LogP contribution in [0.2, 0.25) is 5.02 Å². The van der Waals surface area contributed by atoms with Crippen LogP contribution in [0.4, 0.5) is 4.39 Å². The van der Waals surface area contributed by atoms with Crippen LogP contribution in [0.3, 0.4) is 0 Å². The first kappa shape index (κ1) is 14.5. The number of aromatic carboxylic acids is 1. The summed E-state index contributed by atoms with van der Waals surface area (Å²) in [5, 5.41) is 9.48. The van der Waals surface area contributed by atoms with Crippen LogP contribution in [0, 0.1) is 26.6 Å². The zero-order valence-corrected chi connectivity index (χ0v) is 12.2. The summed E-state index contributed by atoms with van der Waals surface area (Å²) in [5.41, 5.74) is 3.64. The first-order valence-electron chi connectivity index (χ1n) is 6.12. The molecule has 0 amide bonds. The summed E-state index contributed by atoms with van der Waals surface area (Å²) in [6.07, 6.45) is 0. The number of benzene rings is 2. The van der Waals surface area contributed by atoms with Gasteiger partial charge in [0.2, 0.25) is 0 Å². The fourth-order valence-electron chi connectivity index (χ4n) is 2.24. The monoisotopic (exact) mass is 292 g/mol. The molecule has 0 fully saturated rings. The third kappa shape index (κ3) is 2.54. The number of rotatable bonds is 2. The standard InChI is InChI=1S/C16H14ClFO2/c1-8-4-9(2)12(16(19)20)6-11(8)13-5-10(3)15(18)7-14(13)17/h4-7H,1-3H3,(H,19,20). The first-order valence-corrected chi connectivity index (χ1v) is 6.49. The van der Waals surface area contributed by atoms with Crippen molar-refractivity contribution in [3.05, 3.63) is 57.4 Å². The summed E-state index contributed by atoms with van der Waals surface area (Å²) in [5.74, 6) is -1.36. The van der Waals surface area contributed by atoms with Crippen LogP contribution in [0.5, 0.6) is 0 Å². The van der Waals surface area contributed by atoms with E-state index >= 15 is 0 Å². The molecule has 0 aliphatic carbocycles. The maximum Gasteiger partial charge on any atom is 0.335 e. The van der Waals surface area contributed by atoms with E-state index < -0.39 is 5.97 Å². The number of carboxylic acid groups (broad SMARTS) is 1. The Hall–Kier alpha value is -1.87. The summed E-state index contributed by atoms with van der Waals surface area (Å²) >= 11 is 6.09. The molecule has 1 N–H and O–H groups in total. The minimum absolute atomic E-state index is 0.226. The lowest BCUT2D eigenvalue weighted by atomic mass is 9.94. The van der Waals surface area contributed by atoms with Crippen molar-refractivity contribution in [2.24, 2.45) is 0 Å². The van der Waals surface area contributed by atoms with Gasteiger partial charge < -0.3 is 5.11 Å². The van der Waals surface area contributed by atoms with Crippen LogP contribution < -0.4 is 0 Å². The first-order chi connectivity index (χ1) is 9.31. The molecule has 0 saturated carbocycles. The molecule has 0 atom stereocenters. The lowest BCUT2D eigenvalue weighted by molar-refractivity contribution is 0.0696. The molecule has 0 heterocycles. The molecule has 2 nitrogen and oxygen atoms in total. The Balaban J connectivity index is 2.73. The Morgan fingerprint density at radius 1 is 1.00 bits per heavy atom. The molecular weight excluding hydrogens is 279 g/mol. The third-order valence-electron chi connectivity index (χ3n) is 3.34. The number of aryl methyl sites for hydroxylation is 3. The SMILES string of the molecule is Cc1cc(-c2cc(C(=O)O)c(C)cc2C)c(Cl)cc1F. The van der Waals surface area contributed by atoms with Gasteiger partial charge in [-0.2, -0.15) is 0 Å². The van der Waals surface area contributed by atoms with Crippen LogP contribution in [0.15, 0.2) is 24.3 Å². The largest absolute Gasteiger partial charge is 0.478 e. The van der Waals surface area contributed by atoms with E-state index in [2.05, 4.69) is 0 Å². The van der Waals surface area contributed by atoms with Crippen molar-refractivity contribution in [2.75, 3.05) is 0 Å². The average molecular weight is 293 g/mol. The van der Waals surface area contributed by atoms with Crippen molar-refractivity contribution in [3.63, 3.8) is 0 Å². The normalized spacial score (nSPS) is 10.7. The van der Waals surface area contributed by atoms with Crippen LogP contribution in [-0.4, -0.2) is 11.1 Å². The summed E-state index contributed by atoms with van der Waals surface area (Å²) in [7, 11) is 0. The predicted molar refractivity (Wildman–Crippen MR) is 78.0 cm³/mol. The molecule has 104 valence electrons. The van der Waals surface area contributed by atoms with E-state index in [-0.39, 0.29) is 16.4 Å². The van der Waals surface area contributed by atoms with E-state index in [4.69, 9.17) is 11.6 Å². The van der Waals surface area contributed by atoms with Crippen LogP contribution in [0.25, 0.3) is 11.1 Å². The van der Waals surface area contributed by atoms with Crippen molar-refractivity contribution < 1.29 is 14.3 Å². The van der Waals surface area contributed by atoms with Crippen molar-refractivity contribution in [3.8, 4) is 11.1 Å². The lowest BCUT2D eigenvalue weighted by Gasteiger charge is -2.13. The molecular formula is C16H14ClFO2. The molecule has 4 heteroatoms. The smallest absolute Gasteiger partial charge is 0.335 e. The van der Waals surface area contributed by atoms with Crippen molar-refractivity contribution in [1.82, 2.24) is 0 Å². The second-order valence-electron chi connectivity index (χ2n) is 4.87. The zero-order valence-electron chi connectivity index (χ0n) is 11.4. The van der Waals surface area contributed by atoms with Gasteiger partial charge in [0, 0.05) is 5.56 Å². The summed E-state index contributed by atoms with van der Waals surface area (Å²) in [6.45, 7) is 5.28. The Morgan fingerprint density at radius 3 is 2.25 bits per heavy atom. The molecule has 0 aromatic heterocycles. The maximum atomic E-state index is 13.5. The predicted octanol–water partition coefficient (Wildman–Crippen LogP) is 4.77. The van der Waals surface area contributed by atoms with Gasteiger partial charge >= 0.3 is 5.97 Å². The Bertz CT molecular complexity index is 708. The summed E-state index contributed by atoms with van der Waals surface area (Å²) < 4.78 is 13.5. The van der Waals surface area contributed by atoms with E-state index in [0.29, 0.717) is 22.3 Å². The number of carbonyl (C=O) groups is 1. The molecule has 2 aromatic carbocycles. The van der Waals surface area contributed by atoms with Gasteiger partial charge in [0.15, 0.2) is 0 Å². The number of halogens is 2. The molecule has 2 rings (SSSR count). The van der Waals surface area contributed by atoms with E-state index in [1.54, 1.807) is 32.0 Å². The van der Waals surface area contributed by atoms with Crippen LogP contribution in [-0.2, 0) is 0 Å². The zero-order chi connectivity index (χ0) is 15.0. The Labute approximate surface area is 121 Å². The number of hydrogen-bond acceptors (Lipinski definition) is 1.